The third-order valence-electron chi connectivity index (χ3n) is 3.11. The maximum atomic E-state index is 11.9. The van der Waals surface area contributed by atoms with Crippen LogP contribution in [0.25, 0.3) is 0 Å². The average molecular weight is 355 g/mol. The number of benzene rings is 1. The summed E-state index contributed by atoms with van der Waals surface area (Å²) in [6, 6.07) is 7.81. The quantitative estimate of drug-likeness (QED) is 0.852. The van der Waals surface area contributed by atoms with E-state index in [0.29, 0.717) is 0 Å². The van der Waals surface area contributed by atoms with Crippen LogP contribution in [0.4, 0.5) is 0 Å². The molecule has 0 heterocycles. The van der Waals surface area contributed by atoms with Gasteiger partial charge in [-0.2, -0.15) is 0 Å². The Kier molecular flexibility index (Phi) is 6.40. The molecule has 1 unspecified atom stereocenters. The second-order valence-corrected chi connectivity index (χ2v) is 6.93. The Labute approximate surface area is 134 Å². The number of hydrogen-bond donors (Lipinski definition) is 2. The SMILES string of the molecule is CCC(NC(=O)CNC(=O)C(C)(C)C)c1ccc(Br)cc1. The summed E-state index contributed by atoms with van der Waals surface area (Å²) in [5.74, 6) is -0.309. The molecule has 21 heavy (non-hydrogen) atoms. The van der Waals surface area contributed by atoms with E-state index >= 15 is 0 Å². The van der Waals surface area contributed by atoms with Crippen LogP contribution in [-0.4, -0.2) is 18.4 Å². The first kappa shape index (κ1) is 17.7. The Morgan fingerprint density at radius 3 is 2.24 bits per heavy atom. The highest BCUT2D eigenvalue weighted by molar-refractivity contribution is 9.10. The van der Waals surface area contributed by atoms with Crippen LogP contribution >= 0.6 is 15.9 Å². The summed E-state index contributed by atoms with van der Waals surface area (Å²) in [6.45, 7) is 7.47. The number of rotatable bonds is 5. The first-order valence-corrected chi connectivity index (χ1v) is 7.86. The fraction of sp³-hybridized carbons (Fsp3) is 0.500. The van der Waals surface area contributed by atoms with Gasteiger partial charge in [-0.3, -0.25) is 9.59 Å². The van der Waals surface area contributed by atoms with Gasteiger partial charge in [-0.05, 0) is 24.1 Å². The van der Waals surface area contributed by atoms with Gasteiger partial charge in [-0.15, -0.1) is 0 Å². The molecule has 116 valence electrons. The monoisotopic (exact) mass is 354 g/mol. The number of amides is 2. The van der Waals surface area contributed by atoms with Crippen LogP contribution in [0, 0.1) is 5.41 Å². The number of nitrogens with one attached hydrogen (secondary N) is 2. The van der Waals surface area contributed by atoms with Gasteiger partial charge in [0.25, 0.3) is 0 Å². The van der Waals surface area contributed by atoms with Crippen molar-refractivity contribution < 1.29 is 9.59 Å². The lowest BCUT2D eigenvalue weighted by Crippen LogP contribution is -2.42. The van der Waals surface area contributed by atoms with Crippen molar-refractivity contribution in [3.8, 4) is 0 Å². The van der Waals surface area contributed by atoms with Gasteiger partial charge in [0, 0.05) is 9.89 Å². The van der Waals surface area contributed by atoms with Crippen LogP contribution in [0.2, 0.25) is 0 Å². The van der Waals surface area contributed by atoms with E-state index in [1.807, 2.05) is 52.0 Å². The number of carbonyl (C=O) groups excluding carboxylic acids is 2. The van der Waals surface area contributed by atoms with E-state index in [1.54, 1.807) is 0 Å². The fourth-order valence-electron chi connectivity index (χ4n) is 1.79. The van der Waals surface area contributed by atoms with E-state index in [0.717, 1.165) is 16.5 Å². The molecule has 0 aliphatic rings. The molecule has 4 nitrogen and oxygen atoms in total. The Morgan fingerprint density at radius 1 is 1.19 bits per heavy atom. The van der Waals surface area contributed by atoms with Crippen molar-refractivity contribution >= 4 is 27.7 Å². The first-order valence-electron chi connectivity index (χ1n) is 7.07. The molecule has 0 radical (unpaired) electrons. The molecule has 1 rings (SSSR count). The van der Waals surface area contributed by atoms with Gasteiger partial charge in [0.2, 0.25) is 11.8 Å². The number of halogens is 1. The predicted octanol–water partition coefficient (Wildman–Crippen LogP) is 3.18. The minimum atomic E-state index is -0.490. The van der Waals surface area contributed by atoms with Crippen LogP contribution in [0.1, 0.15) is 45.7 Å². The lowest BCUT2D eigenvalue weighted by Gasteiger charge is -2.20. The summed E-state index contributed by atoms with van der Waals surface area (Å²) in [4.78, 5) is 23.7. The fourth-order valence-corrected chi connectivity index (χ4v) is 2.05. The largest absolute Gasteiger partial charge is 0.348 e. The zero-order valence-electron chi connectivity index (χ0n) is 13.0. The third kappa shape index (κ3) is 5.87. The van der Waals surface area contributed by atoms with Gasteiger partial charge in [-0.25, -0.2) is 0 Å². The van der Waals surface area contributed by atoms with Gasteiger partial charge in [0.1, 0.15) is 0 Å². The van der Waals surface area contributed by atoms with Crippen molar-refractivity contribution in [2.45, 2.75) is 40.2 Å². The van der Waals surface area contributed by atoms with Crippen LogP contribution in [0.15, 0.2) is 28.7 Å². The van der Waals surface area contributed by atoms with Gasteiger partial charge >= 0.3 is 0 Å². The average Bonchev–Trinajstić information content (AvgIpc) is 2.42. The van der Waals surface area contributed by atoms with E-state index in [1.165, 1.54) is 0 Å². The van der Waals surface area contributed by atoms with Gasteiger partial charge in [0.15, 0.2) is 0 Å². The van der Waals surface area contributed by atoms with Crippen molar-refractivity contribution in [1.29, 1.82) is 0 Å². The van der Waals surface area contributed by atoms with Crippen molar-refractivity contribution in [1.82, 2.24) is 10.6 Å². The molecule has 2 amide bonds. The lowest BCUT2D eigenvalue weighted by molar-refractivity contribution is -0.131. The van der Waals surface area contributed by atoms with E-state index in [2.05, 4.69) is 26.6 Å². The summed E-state index contributed by atoms with van der Waals surface area (Å²) in [5.41, 5.74) is 0.562. The zero-order chi connectivity index (χ0) is 16.0. The first-order chi connectivity index (χ1) is 9.74. The van der Waals surface area contributed by atoms with Gasteiger partial charge in [-0.1, -0.05) is 55.8 Å². The Balaban J connectivity index is 2.56. The maximum Gasteiger partial charge on any atom is 0.239 e. The van der Waals surface area contributed by atoms with E-state index < -0.39 is 5.41 Å². The van der Waals surface area contributed by atoms with E-state index in [4.69, 9.17) is 0 Å². The predicted molar refractivity (Wildman–Crippen MR) is 87.8 cm³/mol. The Bertz CT molecular complexity index is 492. The molecule has 0 aliphatic heterocycles. The maximum absolute atomic E-state index is 11.9. The summed E-state index contributed by atoms with van der Waals surface area (Å²) in [5, 5.41) is 5.59. The molecule has 0 saturated heterocycles. The Morgan fingerprint density at radius 2 is 1.76 bits per heavy atom. The summed E-state index contributed by atoms with van der Waals surface area (Å²) >= 11 is 3.39. The highest BCUT2D eigenvalue weighted by atomic mass is 79.9. The van der Waals surface area contributed by atoms with Crippen LogP contribution in [0.5, 0.6) is 0 Å². The van der Waals surface area contributed by atoms with Crippen molar-refractivity contribution in [2.75, 3.05) is 6.54 Å². The number of hydrogen-bond acceptors (Lipinski definition) is 2. The second kappa shape index (κ2) is 7.59. The molecule has 5 heteroatoms. The number of carbonyl (C=O) groups is 2. The summed E-state index contributed by atoms with van der Waals surface area (Å²) < 4.78 is 1.00. The molecule has 1 atom stereocenters. The van der Waals surface area contributed by atoms with E-state index in [9.17, 15) is 9.59 Å². The van der Waals surface area contributed by atoms with E-state index in [-0.39, 0.29) is 24.4 Å². The molecule has 0 aromatic heterocycles. The molecular formula is C16H23BrN2O2. The van der Waals surface area contributed by atoms with Gasteiger partial charge < -0.3 is 10.6 Å². The van der Waals surface area contributed by atoms with Crippen LogP contribution in [-0.2, 0) is 9.59 Å². The standard InChI is InChI=1S/C16H23BrN2O2/c1-5-13(11-6-8-12(17)9-7-11)19-14(20)10-18-15(21)16(2,3)4/h6-9,13H,5,10H2,1-4H3,(H,18,21)(H,19,20). The van der Waals surface area contributed by atoms with Crippen molar-refractivity contribution in [3.05, 3.63) is 34.3 Å². The molecule has 0 spiro atoms. The molecule has 0 fully saturated rings. The molecule has 1 aromatic carbocycles. The highest BCUT2D eigenvalue weighted by Crippen LogP contribution is 2.19. The smallest absolute Gasteiger partial charge is 0.239 e. The minimum Gasteiger partial charge on any atom is -0.348 e. The molecular weight excluding hydrogens is 332 g/mol. The van der Waals surface area contributed by atoms with Crippen molar-refractivity contribution in [3.63, 3.8) is 0 Å². The lowest BCUT2D eigenvalue weighted by atomic mass is 9.96. The normalized spacial score (nSPS) is 12.6. The Hall–Kier alpha value is -1.36. The second-order valence-electron chi connectivity index (χ2n) is 6.01. The molecule has 0 saturated carbocycles. The summed E-state index contributed by atoms with van der Waals surface area (Å²) in [6.07, 6.45) is 0.792. The summed E-state index contributed by atoms with van der Waals surface area (Å²) in [7, 11) is 0. The molecule has 1 aromatic rings. The topological polar surface area (TPSA) is 58.2 Å². The van der Waals surface area contributed by atoms with Crippen molar-refractivity contribution in [2.24, 2.45) is 5.41 Å². The van der Waals surface area contributed by atoms with Gasteiger partial charge in [0.05, 0.1) is 12.6 Å². The molecule has 0 aliphatic carbocycles. The minimum absolute atomic E-state index is 0.00311. The van der Waals surface area contributed by atoms with Crippen LogP contribution in [0.3, 0.4) is 0 Å². The molecule has 2 N–H and O–H groups in total. The highest BCUT2D eigenvalue weighted by Gasteiger charge is 2.22. The zero-order valence-corrected chi connectivity index (χ0v) is 14.6. The third-order valence-corrected chi connectivity index (χ3v) is 3.64. The van der Waals surface area contributed by atoms with Crippen LogP contribution < -0.4 is 10.6 Å². The molecule has 0 bridgehead atoms.